The Morgan fingerprint density at radius 2 is 0.848 bits per heavy atom. The third-order valence-electron chi connectivity index (χ3n) is 12.5. The van der Waals surface area contributed by atoms with Gasteiger partial charge in [-0.2, -0.15) is 0 Å². The Balaban J connectivity index is 0.000000281. The summed E-state index contributed by atoms with van der Waals surface area (Å²) in [6, 6.07) is 20.7. The molecule has 0 radical (unpaired) electrons. The van der Waals surface area contributed by atoms with Crippen LogP contribution in [0.15, 0.2) is 133 Å². The zero-order valence-electron chi connectivity index (χ0n) is 49.0. The van der Waals surface area contributed by atoms with Crippen molar-refractivity contribution >= 4 is 35.8 Å². The number of rotatable bonds is 11. The van der Waals surface area contributed by atoms with Crippen LogP contribution < -0.4 is 16.4 Å². The minimum atomic E-state index is -1.20. The van der Waals surface area contributed by atoms with Crippen LogP contribution in [0.1, 0.15) is 119 Å². The van der Waals surface area contributed by atoms with E-state index in [4.69, 9.17) is 35.7 Å². The normalized spacial score (nSPS) is 16.5. The number of carbonyl (C=O) groups is 5. The maximum absolute atomic E-state index is 12.9. The molecule has 8 atom stereocenters. The molecule has 0 saturated carbocycles. The van der Waals surface area contributed by atoms with E-state index in [-0.39, 0.29) is 46.0 Å². The lowest BCUT2D eigenvalue weighted by atomic mass is 10.0. The molecule has 8 N–H and O–H groups in total. The summed E-state index contributed by atoms with van der Waals surface area (Å²) in [6.07, 6.45) is -4.15. The lowest BCUT2D eigenvalue weighted by molar-refractivity contribution is 0.0778. The van der Waals surface area contributed by atoms with E-state index in [2.05, 4.69) is 15.8 Å². The van der Waals surface area contributed by atoms with Gasteiger partial charge in [-0.15, -0.1) is 0 Å². The van der Waals surface area contributed by atoms with Crippen molar-refractivity contribution in [2.45, 2.75) is 96.6 Å². The molecule has 7 unspecified atom stereocenters. The number of hydrogen-bond donors (Lipinski definition) is 7. The SMILES string of the molecule is CC(O)C(=NO)c1ccc(F)c(F)c1.CC(O)C(=O)c1ccc(F)c(F)c1.CC(O)C(N)c1ccc(F)c(F)c1.CC1OC(=O)NC1c1ccc(F)c(F)c1.CCC(=O)c1ccc(F)c(F)c1.C[C@H]1OC(=O)NC1c1ccc(F)c(F)c1.O=Cc1ccc(F)c(F)c1. The Hall–Kier alpha value is -9.58. The molecule has 0 aromatic heterocycles. The third kappa shape index (κ3) is 23.3. The van der Waals surface area contributed by atoms with Gasteiger partial charge in [0, 0.05) is 28.7 Å². The number of nitrogens with two attached hydrogens (primary N) is 1. The number of halogens is 14. The topological polar surface area (TPSA) is 247 Å². The van der Waals surface area contributed by atoms with Gasteiger partial charge in [0.15, 0.2) is 93.0 Å². The van der Waals surface area contributed by atoms with Crippen molar-refractivity contribution in [2.24, 2.45) is 10.9 Å². The third-order valence-corrected chi connectivity index (χ3v) is 12.5. The summed E-state index contributed by atoms with van der Waals surface area (Å²) in [5, 5.41) is 43.4. The van der Waals surface area contributed by atoms with Gasteiger partial charge in [0.25, 0.3) is 0 Å². The summed E-state index contributed by atoms with van der Waals surface area (Å²) >= 11 is 0. The number of Topliss-reactive ketones (excluding diaryl/α,β-unsaturated/α-hetero) is 2. The first-order chi connectivity index (χ1) is 43.1. The lowest BCUT2D eigenvalue weighted by Gasteiger charge is -2.14. The highest BCUT2D eigenvalue weighted by Crippen LogP contribution is 2.27. The fourth-order valence-corrected chi connectivity index (χ4v) is 7.54. The summed E-state index contributed by atoms with van der Waals surface area (Å²) < 4.78 is 186. The van der Waals surface area contributed by atoms with E-state index in [9.17, 15) is 85.4 Å². The lowest BCUT2D eigenvalue weighted by Crippen LogP contribution is -2.23. The molecular formula is C63H58F14N4O11. The predicted molar refractivity (Wildman–Crippen MR) is 303 cm³/mol. The first-order valence-electron chi connectivity index (χ1n) is 26.8. The first-order valence-corrected chi connectivity index (χ1v) is 26.8. The summed E-state index contributed by atoms with van der Waals surface area (Å²) in [4.78, 5) is 53.8. The van der Waals surface area contributed by atoms with Crippen LogP contribution in [-0.4, -0.2) is 86.8 Å². The Bertz CT molecular complexity index is 3640. The van der Waals surface area contributed by atoms with Crippen LogP contribution in [0.3, 0.4) is 0 Å². The number of carbonyl (C=O) groups excluding carboxylic acids is 5. The van der Waals surface area contributed by atoms with Crippen LogP contribution in [0.4, 0.5) is 71.1 Å². The number of nitrogens with one attached hydrogen (secondary N) is 2. The van der Waals surface area contributed by atoms with Crippen LogP contribution in [0, 0.1) is 81.4 Å². The summed E-state index contributed by atoms with van der Waals surface area (Å²) in [5.41, 5.74) is 7.24. The van der Waals surface area contributed by atoms with Gasteiger partial charge in [0.2, 0.25) is 0 Å². The second kappa shape index (κ2) is 36.3. The maximum atomic E-state index is 12.9. The van der Waals surface area contributed by atoms with Crippen LogP contribution in [-0.2, 0) is 9.47 Å². The molecule has 29 heteroatoms. The number of benzene rings is 7. The van der Waals surface area contributed by atoms with Crippen LogP contribution in [0.2, 0.25) is 0 Å². The Morgan fingerprint density at radius 3 is 1.17 bits per heavy atom. The number of hydrogen-bond acceptors (Lipinski definition) is 13. The summed E-state index contributed by atoms with van der Waals surface area (Å²) in [5.74, 6) is -14.3. The van der Waals surface area contributed by atoms with Gasteiger partial charge < -0.3 is 46.4 Å². The van der Waals surface area contributed by atoms with Crippen molar-refractivity contribution in [3.8, 4) is 0 Å². The summed E-state index contributed by atoms with van der Waals surface area (Å²) in [7, 11) is 0. The fraction of sp³-hybridized carbons (Fsp3) is 0.238. The fourth-order valence-electron chi connectivity index (χ4n) is 7.54. The smallest absolute Gasteiger partial charge is 0.408 e. The molecule has 0 spiro atoms. The first kappa shape index (κ1) is 76.7. The molecule has 9 rings (SSSR count). The average Bonchev–Trinajstić information content (AvgIpc) is 1.97. The number of aldehydes is 1. The van der Waals surface area contributed by atoms with E-state index in [0.717, 1.165) is 91.0 Å². The number of nitrogens with zero attached hydrogens (tertiary/aromatic N) is 1. The highest BCUT2D eigenvalue weighted by Gasteiger charge is 2.33. The molecule has 2 aliphatic heterocycles. The molecule has 7 aromatic carbocycles. The van der Waals surface area contributed by atoms with Crippen LogP contribution >= 0.6 is 0 Å². The van der Waals surface area contributed by atoms with E-state index < -0.39 is 136 Å². The highest BCUT2D eigenvalue weighted by atomic mass is 19.2. The van der Waals surface area contributed by atoms with Crippen LogP contribution in [0.5, 0.6) is 0 Å². The molecule has 7 aromatic rings. The number of ketones is 2. The monoisotopic (exact) mass is 1310 g/mol. The second-order valence-corrected chi connectivity index (χ2v) is 19.4. The van der Waals surface area contributed by atoms with Gasteiger partial charge >= 0.3 is 12.2 Å². The van der Waals surface area contributed by atoms with E-state index in [0.29, 0.717) is 29.4 Å². The zero-order chi connectivity index (χ0) is 69.4. The average molecular weight is 1310 g/mol. The minimum absolute atomic E-state index is 0.0334. The molecule has 0 aliphatic carbocycles. The number of aliphatic hydroxyl groups is 3. The zero-order valence-corrected chi connectivity index (χ0v) is 49.0. The number of alkyl carbamates (subject to hydrolysis) is 2. The van der Waals surface area contributed by atoms with E-state index in [1.54, 1.807) is 20.8 Å². The van der Waals surface area contributed by atoms with Crippen LogP contribution in [0.25, 0.3) is 0 Å². The predicted octanol–water partition coefficient (Wildman–Crippen LogP) is 13.0. The molecule has 0 bridgehead atoms. The van der Waals surface area contributed by atoms with E-state index in [1.165, 1.54) is 57.2 Å². The van der Waals surface area contributed by atoms with Gasteiger partial charge in [-0.1, -0.05) is 30.3 Å². The van der Waals surface area contributed by atoms with Crippen molar-refractivity contribution in [1.29, 1.82) is 0 Å². The van der Waals surface area contributed by atoms with Gasteiger partial charge in [-0.3, -0.25) is 14.4 Å². The Labute approximate surface area is 515 Å². The quantitative estimate of drug-likeness (QED) is 0.0160. The Morgan fingerprint density at radius 1 is 0.500 bits per heavy atom. The molecule has 15 nitrogen and oxygen atoms in total. The van der Waals surface area contributed by atoms with Gasteiger partial charge in [0.05, 0.1) is 30.3 Å². The Kier molecular flexibility index (Phi) is 30.3. The molecule has 2 aliphatic rings. The standard InChI is InChI=1S/2C10H9F2NO2.C9H9F2NO2.C9H11F2NO.C9H8F2O2.C9H8F2O.C7H4F2O/c2*1-5-9(13-10(14)15-5)6-2-3-7(11)8(12)4-6;1-5(13)9(12-14)6-2-3-7(10)8(11)4-6;1-5(13)9(12)6-2-3-7(10)8(11)4-6;1-5(12)9(13)6-2-3-7(10)8(11)4-6;1-2-9(12)6-3-4-7(10)8(11)5-6;8-6-2-1-5(4-10)3-7(6)9/h2*2-5,9H,1H3,(H,13,14);2-5,13-14H,1H3;2-5,9,13H,12H2,1H3;2-5,12H,1H3;3-5H,2H2,1H3;1-4H/t5-,9?;;;;;;/m1....../s1. The maximum Gasteiger partial charge on any atom is 0.408 e. The van der Waals surface area contributed by atoms with Crippen molar-refractivity contribution in [1.82, 2.24) is 10.6 Å². The number of aliphatic hydroxyl groups excluding tert-OH is 3. The summed E-state index contributed by atoms with van der Waals surface area (Å²) in [6.45, 7) is 9.16. The number of oxime groups is 1. The molecule has 2 fully saturated rings. The molecule has 2 amide bonds. The minimum Gasteiger partial charge on any atom is -0.444 e. The number of amides is 2. The van der Waals surface area contributed by atoms with Gasteiger partial charge in [-0.25, -0.2) is 71.1 Å². The molecule has 2 heterocycles. The van der Waals surface area contributed by atoms with Gasteiger partial charge in [0.1, 0.15) is 30.3 Å². The van der Waals surface area contributed by atoms with Crippen molar-refractivity contribution < 1.29 is 115 Å². The largest absolute Gasteiger partial charge is 0.444 e. The molecule has 92 heavy (non-hydrogen) atoms. The van der Waals surface area contributed by atoms with E-state index in [1.807, 2.05) is 0 Å². The number of ether oxygens (including phenoxy) is 2. The molecule has 494 valence electrons. The molecule has 2 saturated heterocycles. The highest BCUT2D eigenvalue weighted by molar-refractivity contribution is 6.03. The second-order valence-electron chi connectivity index (χ2n) is 19.4. The number of cyclic esters (lactones) is 2. The van der Waals surface area contributed by atoms with Gasteiger partial charge in [-0.05, 0) is 161 Å². The molecular weight excluding hydrogens is 1250 g/mol. The van der Waals surface area contributed by atoms with Crippen molar-refractivity contribution in [3.05, 3.63) is 248 Å². The van der Waals surface area contributed by atoms with Crippen molar-refractivity contribution in [3.63, 3.8) is 0 Å². The van der Waals surface area contributed by atoms with Crippen molar-refractivity contribution in [2.75, 3.05) is 0 Å². The van der Waals surface area contributed by atoms with E-state index >= 15 is 0 Å².